The maximum atomic E-state index is 12.9. The summed E-state index contributed by atoms with van der Waals surface area (Å²) in [5.41, 5.74) is 0.494. The zero-order valence-corrected chi connectivity index (χ0v) is 9.93. The van der Waals surface area contributed by atoms with Gasteiger partial charge in [-0.3, -0.25) is 0 Å². The maximum Gasteiger partial charge on any atom is 0.141 e. The van der Waals surface area contributed by atoms with Crippen molar-refractivity contribution in [1.82, 2.24) is 5.32 Å². The van der Waals surface area contributed by atoms with Gasteiger partial charge in [0.25, 0.3) is 0 Å². The minimum atomic E-state index is -0.420. The van der Waals surface area contributed by atoms with E-state index in [4.69, 9.17) is 21.6 Å². The molecule has 1 aromatic carbocycles. The first-order valence-electron chi connectivity index (χ1n) is 5.29. The highest BCUT2D eigenvalue weighted by Gasteiger charge is 2.38. The molecule has 1 heterocycles. The molecule has 5 heteroatoms. The second-order valence-corrected chi connectivity index (χ2v) is 4.64. The van der Waals surface area contributed by atoms with E-state index in [1.807, 2.05) is 0 Å². The van der Waals surface area contributed by atoms with Crippen molar-refractivity contribution in [1.29, 1.82) is 5.26 Å². The Labute approximate surface area is 104 Å². The van der Waals surface area contributed by atoms with E-state index in [1.165, 1.54) is 6.07 Å². The average Bonchev–Trinajstić information content (AvgIpc) is 2.27. The number of rotatable bonds is 4. The Hall–Kier alpha value is -1.15. The monoisotopic (exact) mass is 254 g/mol. The summed E-state index contributed by atoms with van der Waals surface area (Å²) in [6.07, 6.45) is 0. The third kappa shape index (κ3) is 2.75. The molecule has 0 aromatic heterocycles. The van der Waals surface area contributed by atoms with Gasteiger partial charge in [0, 0.05) is 13.1 Å². The molecule has 0 unspecified atom stereocenters. The molecule has 1 aromatic rings. The second-order valence-electron chi connectivity index (χ2n) is 4.24. The van der Waals surface area contributed by atoms with Crippen LogP contribution in [0, 0.1) is 22.6 Å². The number of nitriles is 1. The van der Waals surface area contributed by atoms with Gasteiger partial charge in [0.15, 0.2) is 0 Å². The largest absolute Gasteiger partial charge is 0.378 e. The number of halogens is 2. The summed E-state index contributed by atoms with van der Waals surface area (Å²) in [5.74, 6) is -0.420. The highest BCUT2D eigenvalue weighted by molar-refractivity contribution is 6.30. The lowest BCUT2D eigenvalue weighted by Gasteiger charge is -2.35. The van der Waals surface area contributed by atoms with Crippen molar-refractivity contribution >= 4 is 11.6 Å². The molecule has 0 saturated carbocycles. The summed E-state index contributed by atoms with van der Waals surface area (Å²) in [5, 5.41) is 12.2. The van der Waals surface area contributed by atoms with Crippen molar-refractivity contribution < 1.29 is 9.13 Å². The number of nitrogens with zero attached hydrogens (tertiary/aromatic N) is 1. The van der Waals surface area contributed by atoms with Gasteiger partial charge in [-0.25, -0.2) is 4.39 Å². The van der Waals surface area contributed by atoms with Gasteiger partial charge in [-0.05, 0) is 17.7 Å². The molecule has 1 aliphatic rings. The first-order chi connectivity index (χ1) is 8.15. The van der Waals surface area contributed by atoms with Crippen LogP contribution in [0.25, 0.3) is 0 Å². The Morgan fingerprint density at radius 2 is 2.29 bits per heavy atom. The second kappa shape index (κ2) is 5.01. The first kappa shape index (κ1) is 12.3. The van der Waals surface area contributed by atoms with E-state index in [-0.39, 0.29) is 5.02 Å². The Bertz CT molecular complexity index is 454. The average molecular weight is 255 g/mol. The highest BCUT2D eigenvalue weighted by Crippen LogP contribution is 2.25. The fourth-order valence-electron chi connectivity index (χ4n) is 1.65. The van der Waals surface area contributed by atoms with Gasteiger partial charge >= 0.3 is 0 Å². The Kier molecular flexibility index (Phi) is 3.63. The number of hydrogen-bond acceptors (Lipinski definition) is 3. The molecule has 0 bridgehead atoms. The molecule has 90 valence electrons. The van der Waals surface area contributed by atoms with E-state index in [2.05, 4.69) is 11.4 Å². The molecule has 1 N–H and O–H groups in total. The third-order valence-corrected chi connectivity index (χ3v) is 3.06. The molecular weight excluding hydrogens is 243 g/mol. The van der Waals surface area contributed by atoms with Crippen LogP contribution < -0.4 is 5.32 Å². The smallest absolute Gasteiger partial charge is 0.141 e. The van der Waals surface area contributed by atoms with Crippen LogP contribution in [0.5, 0.6) is 0 Å². The van der Waals surface area contributed by atoms with Crippen molar-refractivity contribution in [2.45, 2.75) is 6.54 Å². The van der Waals surface area contributed by atoms with E-state index >= 15 is 0 Å². The summed E-state index contributed by atoms with van der Waals surface area (Å²) in [6, 6.07) is 6.84. The lowest BCUT2D eigenvalue weighted by atomic mass is 9.88. The number of benzene rings is 1. The molecular formula is C12H12ClFN2O. The van der Waals surface area contributed by atoms with Gasteiger partial charge in [-0.2, -0.15) is 5.26 Å². The minimum Gasteiger partial charge on any atom is -0.378 e. The third-order valence-electron chi connectivity index (χ3n) is 2.77. The topological polar surface area (TPSA) is 45.0 Å². The van der Waals surface area contributed by atoms with Crippen molar-refractivity contribution in [3.05, 3.63) is 34.6 Å². The van der Waals surface area contributed by atoms with Crippen LogP contribution in [0.1, 0.15) is 5.56 Å². The van der Waals surface area contributed by atoms with Crippen LogP contribution in [0.3, 0.4) is 0 Å². The first-order valence-corrected chi connectivity index (χ1v) is 5.67. The van der Waals surface area contributed by atoms with Gasteiger partial charge in [0.05, 0.1) is 24.3 Å². The summed E-state index contributed by atoms with van der Waals surface area (Å²) in [7, 11) is 0. The standard InChI is InChI=1S/C12H12ClFN2O/c13-10-3-9(1-2-11(10)14)4-16-6-12(5-15)7-17-8-12/h1-3,16H,4,6-8H2. The van der Waals surface area contributed by atoms with Crippen LogP contribution >= 0.6 is 11.6 Å². The van der Waals surface area contributed by atoms with E-state index in [9.17, 15) is 4.39 Å². The highest BCUT2D eigenvalue weighted by atomic mass is 35.5. The molecule has 0 radical (unpaired) electrons. The summed E-state index contributed by atoms with van der Waals surface area (Å²) in [4.78, 5) is 0. The predicted octanol–water partition coefficient (Wildman–Crippen LogP) is 2.11. The summed E-state index contributed by atoms with van der Waals surface area (Å²) < 4.78 is 18.0. The zero-order chi connectivity index (χ0) is 12.3. The van der Waals surface area contributed by atoms with E-state index in [1.54, 1.807) is 12.1 Å². The molecule has 3 nitrogen and oxygen atoms in total. The number of hydrogen-bond donors (Lipinski definition) is 1. The number of nitrogens with one attached hydrogen (secondary N) is 1. The predicted molar refractivity (Wildman–Crippen MR) is 62.0 cm³/mol. The van der Waals surface area contributed by atoms with Gasteiger partial charge in [-0.15, -0.1) is 0 Å². The van der Waals surface area contributed by atoms with Crippen molar-refractivity contribution in [3.63, 3.8) is 0 Å². The minimum absolute atomic E-state index is 0.117. The summed E-state index contributed by atoms with van der Waals surface area (Å²) >= 11 is 5.67. The molecule has 1 fully saturated rings. The molecule has 1 aliphatic heterocycles. The lowest BCUT2D eigenvalue weighted by molar-refractivity contribution is -0.0755. The quantitative estimate of drug-likeness (QED) is 0.895. The van der Waals surface area contributed by atoms with Crippen LogP contribution in [0.2, 0.25) is 5.02 Å². The molecule has 2 rings (SSSR count). The number of ether oxygens (including phenoxy) is 1. The molecule has 0 aliphatic carbocycles. The van der Waals surface area contributed by atoms with Crippen molar-refractivity contribution in [2.24, 2.45) is 5.41 Å². The van der Waals surface area contributed by atoms with Gasteiger partial charge in [0.2, 0.25) is 0 Å². The van der Waals surface area contributed by atoms with Gasteiger partial charge in [-0.1, -0.05) is 17.7 Å². The fourth-order valence-corrected chi connectivity index (χ4v) is 1.85. The van der Waals surface area contributed by atoms with E-state index in [0.717, 1.165) is 5.56 Å². The fraction of sp³-hybridized carbons (Fsp3) is 0.417. The molecule has 0 amide bonds. The lowest BCUT2D eigenvalue weighted by Crippen LogP contribution is -2.48. The van der Waals surface area contributed by atoms with E-state index < -0.39 is 11.2 Å². The molecule has 0 atom stereocenters. The van der Waals surface area contributed by atoms with Gasteiger partial charge < -0.3 is 10.1 Å². The van der Waals surface area contributed by atoms with Crippen LogP contribution in [0.4, 0.5) is 4.39 Å². The van der Waals surface area contributed by atoms with Crippen LogP contribution in [-0.2, 0) is 11.3 Å². The van der Waals surface area contributed by atoms with Crippen LogP contribution in [-0.4, -0.2) is 19.8 Å². The Balaban J connectivity index is 1.86. The molecule has 17 heavy (non-hydrogen) atoms. The normalized spacial score (nSPS) is 17.2. The van der Waals surface area contributed by atoms with Crippen LogP contribution in [0.15, 0.2) is 18.2 Å². The van der Waals surface area contributed by atoms with Gasteiger partial charge in [0.1, 0.15) is 11.2 Å². The molecule has 1 saturated heterocycles. The Morgan fingerprint density at radius 3 is 2.82 bits per heavy atom. The van der Waals surface area contributed by atoms with Crippen molar-refractivity contribution in [3.8, 4) is 6.07 Å². The summed E-state index contributed by atoms with van der Waals surface area (Å²) in [6.45, 7) is 2.07. The van der Waals surface area contributed by atoms with E-state index in [0.29, 0.717) is 26.3 Å². The maximum absolute atomic E-state index is 12.9. The van der Waals surface area contributed by atoms with Crippen molar-refractivity contribution in [2.75, 3.05) is 19.8 Å². The Morgan fingerprint density at radius 1 is 1.53 bits per heavy atom. The molecule has 0 spiro atoms. The zero-order valence-electron chi connectivity index (χ0n) is 9.17. The SMILES string of the molecule is N#CC1(CNCc2ccc(F)c(Cl)c2)COC1.